The van der Waals surface area contributed by atoms with Crippen LogP contribution in [0.4, 0.5) is 5.69 Å². The van der Waals surface area contributed by atoms with Crippen LogP contribution in [-0.4, -0.2) is 18.1 Å². The Morgan fingerprint density at radius 2 is 1.68 bits per heavy atom. The highest BCUT2D eigenvalue weighted by Crippen LogP contribution is 2.40. The molecular weight excluding hydrogens is 330 g/mol. The molecule has 0 unspecified atom stereocenters. The third kappa shape index (κ3) is 4.52. The first-order valence-corrected chi connectivity index (χ1v) is 10.9. The molecule has 0 saturated carbocycles. The lowest BCUT2D eigenvalue weighted by Crippen LogP contribution is -2.43. The van der Waals surface area contributed by atoms with Gasteiger partial charge in [0, 0.05) is 17.7 Å². The van der Waals surface area contributed by atoms with Gasteiger partial charge in [0.05, 0.1) is 4.92 Å². The van der Waals surface area contributed by atoms with Gasteiger partial charge in [-0.05, 0) is 41.3 Å². The number of nitro benzene ring substituents is 1. The van der Waals surface area contributed by atoms with Gasteiger partial charge in [-0.3, -0.25) is 10.1 Å². The third-order valence-corrected chi connectivity index (χ3v) is 11.4. The van der Waals surface area contributed by atoms with Crippen molar-refractivity contribution in [2.24, 2.45) is 0 Å². The van der Waals surface area contributed by atoms with Crippen LogP contribution in [0.15, 0.2) is 24.3 Å². The van der Waals surface area contributed by atoms with E-state index in [2.05, 4.69) is 53.0 Å². The quantitative estimate of drug-likeness (QED) is 0.307. The number of phenols is 1. The number of phenolic OH excluding ortho intramolecular Hbond substituents is 1. The normalized spacial score (nSPS) is 12.5. The van der Waals surface area contributed by atoms with E-state index in [4.69, 9.17) is 0 Å². The highest BCUT2D eigenvalue weighted by atomic mass is 28.3. The number of non-ortho nitro benzene ring substituents is 1. The Labute approximate surface area is 152 Å². The number of nitrogens with zero attached hydrogens (tertiary/aromatic N) is 1. The summed E-state index contributed by atoms with van der Waals surface area (Å²) in [6.45, 7) is 15.3. The molecule has 4 nitrogen and oxygen atoms in total. The molecule has 1 rings (SSSR count). The van der Waals surface area contributed by atoms with Crippen molar-refractivity contribution in [1.82, 2.24) is 0 Å². The average Bonchev–Trinajstić information content (AvgIpc) is 2.50. The van der Waals surface area contributed by atoms with E-state index in [9.17, 15) is 15.2 Å². The van der Waals surface area contributed by atoms with Gasteiger partial charge in [0.2, 0.25) is 0 Å². The summed E-state index contributed by atoms with van der Waals surface area (Å²) in [5.74, 6) is 3.24. The van der Waals surface area contributed by atoms with Gasteiger partial charge in [-0.1, -0.05) is 47.5 Å². The maximum absolute atomic E-state index is 10.9. The molecule has 1 aromatic carbocycles. The van der Waals surface area contributed by atoms with Crippen LogP contribution in [0.25, 0.3) is 5.57 Å². The van der Waals surface area contributed by atoms with Crippen molar-refractivity contribution >= 4 is 19.3 Å². The molecule has 1 aromatic rings. The summed E-state index contributed by atoms with van der Waals surface area (Å²) in [5.41, 5.74) is 6.36. The molecule has 0 heterocycles. The summed E-state index contributed by atoms with van der Waals surface area (Å²) in [4.78, 5) is 10.5. The first-order chi connectivity index (χ1) is 11.5. The second kappa shape index (κ2) is 8.35. The standard InChI is InChI=1S/C20H29NO3Si/c1-14(2)25(15(3)4,16(5)6)12-8-9-17(7)19-13-18(21(23)24)10-11-20(19)22/h9-11,13-16,22H,1-7H3/b17-9-. The summed E-state index contributed by atoms with van der Waals surface area (Å²) < 4.78 is 0. The molecule has 0 bridgehead atoms. The van der Waals surface area contributed by atoms with Gasteiger partial charge in [0.1, 0.15) is 13.8 Å². The minimum atomic E-state index is -1.81. The molecule has 0 saturated heterocycles. The number of rotatable bonds is 5. The predicted molar refractivity (Wildman–Crippen MR) is 107 cm³/mol. The Balaban J connectivity index is 3.32. The van der Waals surface area contributed by atoms with E-state index >= 15 is 0 Å². The topological polar surface area (TPSA) is 63.4 Å². The van der Waals surface area contributed by atoms with Gasteiger partial charge in [-0.2, -0.15) is 0 Å². The number of aromatic hydroxyl groups is 1. The maximum Gasteiger partial charge on any atom is 0.270 e. The molecule has 25 heavy (non-hydrogen) atoms. The molecule has 0 amide bonds. The first kappa shape index (κ1) is 21.0. The zero-order valence-electron chi connectivity index (χ0n) is 16.3. The largest absolute Gasteiger partial charge is 0.507 e. The number of allylic oxidation sites excluding steroid dienone is 2. The Bertz CT molecular complexity index is 702. The Morgan fingerprint density at radius 1 is 1.16 bits per heavy atom. The predicted octanol–water partition coefficient (Wildman–Crippen LogP) is 5.93. The fraction of sp³-hybridized carbons (Fsp3) is 0.500. The van der Waals surface area contributed by atoms with Crippen molar-refractivity contribution in [3.8, 4) is 17.2 Å². The molecule has 0 spiro atoms. The van der Waals surface area contributed by atoms with Crippen LogP contribution < -0.4 is 0 Å². The van der Waals surface area contributed by atoms with Crippen molar-refractivity contribution in [3.63, 3.8) is 0 Å². The van der Waals surface area contributed by atoms with Gasteiger partial charge in [0.15, 0.2) is 0 Å². The van der Waals surface area contributed by atoms with E-state index < -0.39 is 13.0 Å². The van der Waals surface area contributed by atoms with Crippen LogP contribution in [-0.2, 0) is 0 Å². The van der Waals surface area contributed by atoms with E-state index in [1.54, 1.807) is 6.08 Å². The zero-order valence-corrected chi connectivity index (χ0v) is 17.3. The molecule has 0 aliphatic carbocycles. The SMILES string of the molecule is C/C(=C/C#C[Si](C(C)C)(C(C)C)C(C)C)c1cc([N+](=O)[O-])ccc1O. The summed E-state index contributed by atoms with van der Waals surface area (Å²) in [7, 11) is -1.81. The number of benzene rings is 1. The lowest BCUT2D eigenvalue weighted by Gasteiger charge is -2.38. The number of nitro groups is 1. The molecule has 0 radical (unpaired) electrons. The van der Waals surface area contributed by atoms with Crippen molar-refractivity contribution in [1.29, 1.82) is 0 Å². The van der Waals surface area contributed by atoms with Gasteiger partial charge in [-0.25, -0.2) is 0 Å². The maximum atomic E-state index is 10.9. The number of hydrogen-bond acceptors (Lipinski definition) is 3. The molecule has 1 N–H and O–H groups in total. The molecule has 0 aromatic heterocycles. The van der Waals surface area contributed by atoms with Crippen LogP contribution in [0.1, 0.15) is 54.0 Å². The van der Waals surface area contributed by atoms with Crippen LogP contribution in [0, 0.1) is 21.6 Å². The minimum Gasteiger partial charge on any atom is -0.507 e. The van der Waals surface area contributed by atoms with Crippen LogP contribution in [0.2, 0.25) is 16.6 Å². The van der Waals surface area contributed by atoms with E-state index in [0.717, 1.165) is 5.57 Å². The molecule has 136 valence electrons. The van der Waals surface area contributed by atoms with Crippen molar-refractivity contribution in [2.75, 3.05) is 0 Å². The van der Waals surface area contributed by atoms with E-state index in [1.807, 2.05) is 6.92 Å². The Morgan fingerprint density at radius 3 is 2.12 bits per heavy atom. The van der Waals surface area contributed by atoms with Gasteiger partial charge in [-0.15, -0.1) is 5.54 Å². The van der Waals surface area contributed by atoms with E-state index in [-0.39, 0.29) is 11.4 Å². The first-order valence-electron chi connectivity index (χ1n) is 8.71. The molecule has 0 atom stereocenters. The lowest BCUT2D eigenvalue weighted by atomic mass is 10.1. The van der Waals surface area contributed by atoms with Crippen LogP contribution in [0.3, 0.4) is 0 Å². The van der Waals surface area contributed by atoms with Gasteiger partial charge >= 0.3 is 0 Å². The summed E-state index contributed by atoms with van der Waals surface area (Å²) in [6.07, 6.45) is 1.77. The zero-order chi connectivity index (χ0) is 19.4. The van der Waals surface area contributed by atoms with Crippen LogP contribution in [0.5, 0.6) is 5.75 Å². The van der Waals surface area contributed by atoms with E-state index in [0.29, 0.717) is 22.2 Å². The Kier molecular flexibility index (Phi) is 7.01. The fourth-order valence-corrected chi connectivity index (χ4v) is 8.92. The summed E-state index contributed by atoms with van der Waals surface area (Å²) in [6, 6.07) is 4.04. The van der Waals surface area contributed by atoms with Crippen molar-refractivity contribution < 1.29 is 10.0 Å². The number of hydrogen-bond donors (Lipinski definition) is 1. The Hall–Kier alpha value is -2.06. The molecule has 5 heteroatoms. The fourth-order valence-electron chi connectivity index (χ4n) is 3.73. The van der Waals surface area contributed by atoms with Crippen LogP contribution >= 0.6 is 0 Å². The van der Waals surface area contributed by atoms with E-state index in [1.165, 1.54) is 18.2 Å². The monoisotopic (exact) mass is 359 g/mol. The molecule has 0 aliphatic rings. The average molecular weight is 360 g/mol. The van der Waals surface area contributed by atoms with Gasteiger partial charge < -0.3 is 5.11 Å². The third-order valence-electron chi connectivity index (χ3n) is 5.06. The minimum absolute atomic E-state index is 0.0289. The summed E-state index contributed by atoms with van der Waals surface area (Å²) >= 11 is 0. The molecular formula is C20H29NO3Si. The smallest absolute Gasteiger partial charge is 0.270 e. The van der Waals surface area contributed by atoms with Crippen molar-refractivity contribution in [3.05, 3.63) is 40.0 Å². The van der Waals surface area contributed by atoms with Crippen molar-refractivity contribution in [2.45, 2.75) is 65.1 Å². The molecule has 0 fully saturated rings. The summed E-state index contributed by atoms with van der Waals surface area (Å²) in [5, 5.41) is 20.9. The highest BCUT2D eigenvalue weighted by Gasteiger charge is 2.41. The lowest BCUT2D eigenvalue weighted by molar-refractivity contribution is -0.384. The van der Waals surface area contributed by atoms with Gasteiger partial charge in [0.25, 0.3) is 5.69 Å². The second-order valence-corrected chi connectivity index (χ2v) is 13.0. The highest BCUT2D eigenvalue weighted by molar-refractivity contribution is 6.90. The molecule has 0 aliphatic heterocycles. The second-order valence-electron chi connectivity index (χ2n) is 7.45.